The van der Waals surface area contributed by atoms with Crippen molar-refractivity contribution in [2.24, 2.45) is 11.8 Å². The van der Waals surface area contributed by atoms with Crippen LogP contribution in [0.1, 0.15) is 82.1 Å². The van der Waals surface area contributed by atoms with Gasteiger partial charge in [0.2, 0.25) is 11.8 Å². The number of hydrogen-bond acceptors (Lipinski definition) is 12. The zero-order valence-corrected chi connectivity index (χ0v) is 32.6. The van der Waals surface area contributed by atoms with Gasteiger partial charge in [-0.2, -0.15) is 0 Å². The summed E-state index contributed by atoms with van der Waals surface area (Å²) in [5, 5.41) is 5.78. The molecule has 0 aromatic carbocycles. The van der Waals surface area contributed by atoms with Crippen LogP contribution < -0.4 is 10.6 Å². The highest BCUT2D eigenvalue weighted by atomic mass is 16.6. The number of rotatable bonds is 12. The Kier molecular flexibility index (Phi) is 21.9. The van der Waals surface area contributed by atoms with Crippen LogP contribution in [0.5, 0.6) is 0 Å². The Morgan fingerprint density at radius 1 is 0.560 bits per heavy atom. The third-order valence-corrected chi connectivity index (χ3v) is 8.07. The molecule has 1 saturated heterocycles. The Hall–Kier alpha value is -2.36. The van der Waals surface area contributed by atoms with E-state index in [0.29, 0.717) is 91.9 Å². The Morgan fingerprint density at radius 3 is 1.08 bits per heavy atom. The van der Waals surface area contributed by atoms with Crippen LogP contribution in [0.15, 0.2) is 0 Å². The summed E-state index contributed by atoms with van der Waals surface area (Å²) in [6, 6.07) is -1.48. The van der Waals surface area contributed by atoms with E-state index in [-0.39, 0.29) is 36.7 Å². The Balaban J connectivity index is 2.70. The summed E-state index contributed by atoms with van der Waals surface area (Å²) >= 11 is 0. The first-order chi connectivity index (χ1) is 23.5. The topological polar surface area (TPSA) is 154 Å². The van der Waals surface area contributed by atoms with Crippen molar-refractivity contribution in [3.8, 4) is 0 Å². The number of hydrogen-bond donors (Lipinski definition) is 2. The third-order valence-electron chi connectivity index (χ3n) is 8.07. The van der Waals surface area contributed by atoms with Crippen molar-refractivity contribution in [2.45, 2.75) is 105 Å². The molecule has 0 spiro atoms. The van der Waals surface area contributed by atoms with Gasteiger partial charge in [-0.25, -0.2) is 9.59 Å². The van der Waals surface area contributed by atoms with Crippen LogP contribution >= 0.6 is 0 Å². The maximum atomic E-state index is 13.1. The predicted octanol–water partition coefficient (Wildman–Crippen LogP) is 2.42. The van der Waals surface area contributed by atoms with Crippen LogP contribution in [0, 0.1) is 11.8 Å². The zero-order chi connectivity index (χ0) is 37.7. The first-order valence-electron chi connectivity index (χ1n) is 18.3. The van der Waals surface area contributed by atoms with Crippen LogP contribution in [0.25, 0.3) is 0 Å². The second-order valence-corrected chi connectivity index (χ2v) is 14.9. The number of nitrogens with zero attached hydrogens (tertiary/aromatic N) is 2. The first kappa shape index (κ1) is 45.7. The molecule has 0 aromatic rings. The minimum Gasteiger partial charge on any atom is -0.458 e. The lowest BCUT2D eigenvalue weighted by atomic mass is 9.99. The molecule has 1 fully saturated rings. The molecule has 0 unspecified atom stereocenters. The highest BCUT2D eigenvalue weighted by molar-refractivity contribution is 5.86. The van der Waals surface area contributed by atoms with E-state index in [0.717, 1.165) is 0 Å². The van der Waals surface area contributed by atoms with Crippen molar-refractivity contribution in [3.63, 3.8) is 0 Å². The molecule has 1 heterocycles. The van der Waals surface area contributed by atoms with E-state index >= 15 is 0 Å². The summed E-state index contributed by atoms with van der Waals surface area (Å²) in [4.78, 5) is 55.7. The molecule has 292 valence electrons. The third kappa shape index (κ3) is 21.1. The molecule has 14 nitrogen and oxygen atoms in total. The Labute approximate surface area is 300 Å². The van der Waals surface area contributed by atoms with Gasteiger partial charge in [-0.15, -0.1) is 0 Å². The number of esters is 2. The lowest BCUT2D eigenvalue weighted by molar-refractivity contribution is -0.161. The van der Waals surface area contributed by atoms with Gasteiger partial charge in [0.25, 0.3) is 0 Å². The molecular weight excluding hydrogens is 648 g/mol. The molecule has 50 heavy (non-hydrogen) atoms. The molecule has 1 rings (SSSR count). The molecule has 0 aliphatic carbocycles. The molecule has 4 atom stereocenters. The van der Waals surface area contributed by atoms with Gasteiger partial charge >= 0.3 is 11.9 Å². The van der Waals surface area contributed by atoms with Crippen molar-refractivity contribution in [2.75, 3.05) is 92.1 Å². The van der Waals surface area contributed by atoms with Gasteiger partial charge in [-0.05, 0) is 53.4 Å². The van der Waals surface area contributed by atoms with Gasteiger partial charge in [0.1, 0.15) is 23.3 Å². The van der Waals surface area contributed by atoms with Crippen LogP contribution in [-0.2, 0) is 47.6 Å². The summed E-state index contributed by atoms with van der Waals surface area (Å²) in [6.07, 6.45) is 1.42. The maximum absolute atomic E-state index is 13.1. The summed E-state index contributed by atoms with van der Waals surface area (Å²) < 4.78 is 34.3. The van der Waals surface area contributed by atoms with Gasteiger partial charge in [0.05, 0.1) is 65.9 Å². The zero-order valence-electron chi connectivity index (χ0n) is 32.6. The quantitative estimate of drug-likeness (QED) is 0.285. The molecule has 0 radical (unpaired) electrons. The van der Waals surface area contributed by atoms with E-state index in [4.69, 9.17) is 28.4 Å². The second kappa shape index (κ2) is 24.0. The number of ether oxygens (including phenoxy) is 6. The van der Waals surface area contributed by atoms with Gasteiger partial charge in [0.15, 0.2) is 0 Å². The largest absolute Gasteiger partial charge is 0.458 e. The van der Waals surface area contributed by atoms with Crippen molar-refractivity contribution < 1.29 is 47.6 Å². The molecule has 0 bridgehead atoms. The number of amides is 2. The van der Waals surface area contributed by atoms with Gasteiger partial charge in [-0.1, -0.05) is 40.5 Å². The summed E-state index contributed by atoms with van der Waals surface area (Å²) in [5.41, 5.74) is -1.31. The van der Waals surface area contributed by atoms with E-state index in [1.165, 1.54) is 0 Å². The average molecular weight is 717 g/mol. The molecular formula is C36H68N4O10. The van der Waals surface area contributed by atoms with E-state index in [9.17, 15) is 19.2 Å². The van der Waals surface area contributed by atoms with E-state index in [2.05, 4.69) is 10.6 Å². The predicted molar refractivity (Wildman–Crippen MR) is 191 cm³/mol. The van der Waals surface area contributed by atoms with E-state index < -0.39 is 35.2 Å². The SMILES string of the molecule is CC[C@@H](C)[C@@H](NC(=O)CN1CCOCCOCCN(CC(=O)N[C@H](C(=O)OC(C)(C)C)[C@@H](C)CC)CCOCCOCC1)C(=O)OC(C)(C)C. The fourth-order valence-corrected chi connectivity index (χ4v) is 4.87. The Morgan fingerprint density at radius 2 is 0.840 bits per heavy atom. The molecule has 1 aliphatic heterocycles. The van der Waals surface area contributed by atoms with Crippen LogP contribution in [-0.4, -0.2) is 149 Å². The summed E-state index contributed by atoms with van der Waals surface area (Å²) in [6.45, 7) is 23.7. The van der Waals surface area contributed by atoms with Gasteiger partial charge in [-0.3, -0.25) is 19.4 Å². The van der Waals surface area contributed by atoms with Gasteiger partial charge in [0, 0.05) is 26.2 Å². The van der Waals surface area contributed by atoms with Crippen molar-refractivity contribution in [1.82, 2.24) is 20.4 Å². The average Bonchev–Trinajstić information content (AvgIpc) is 3.01. The van der Waals surface area contributed by atoms with E-state index in [1.807, 2.05) is 37.5 Å². The fourth-order valence-electron chi connectivity index (χ4n) is 4.87. The first-order valence-corrected chi connectivity index (χ1v) is 18.3. The minimum absolute atomic E-state index is 0.0781. The Bertz CT molecular complexity index is 902. The molecule has 0 saturated carbocycles. The molecule has 2 N–H and O–H groups in total. The van der Waals surface area contributed by atoms with Gasteiger partial charge < -0.3 is 39.1 Å². The van der Waals surface area contributed by atoms with Crippen molar-refractivity contribution in [1.29, 1.82) is 0 Å². The van der Waals surface area contributed by atoms with E-state index in [1.54, 1.807) is 41.5 Å². The second-order valence-electron chi connectivity index (χ2n) is 14.9. The van der Waals surface area contributed by atoms with Crippen molar-refractivity contribution in [3.05, 3.63) is 0 Å². The maximum Gasteiger partial charge on any atom is 0.329 e. The standard InChI is InChI=1S/C36H68N4O10/c1-11-27(3)31(33(43)49-35(5,6)7)37-29(41)25-39-13-17-45-21-23-47-19-15-40(16-20-48-24-22-46-18-14-39)26-30(42)38-32(28(4)12-2)34(44)50-36(8,9)10/h27-28,31-32H,11-26H2,1-10H3,(H,37,41)(H,38,42)/t27-,28+,31-,32+. The molecule has 0 aromatic heterocycles. The lowest BCUT2D eigenvalue weighted by Crippen LogP contribution is -2.51. The fraction of sp³-hybridized carbons (Fsp3) is 0.889. The molecule has 1 aliphatic rings. The van der Waals surface area contributed by atoms with Crippen LogP contribution in [0.4, 0.5) is 0 Å². The molecule has 2 amide bonds. The summed E-state index contributed by atoms with van der Waals surface area (Å²) in [5.74, 6) is -1.59. The number of nitrogens with one attached hydrogen (secondary N) is 2. The van der Waals surface area contributed by atoms with Crippen LogP contribution in [0.3, 0.4) is 0 Å². The summed E-state index contributed by atoms with van der Waals surface area (Å²) in [7, 11) is 0. The monoisotopic (exact) mass is 716 g/mol. The normalized spacial score (nSPS) is 19.9. The molecule has 14 heteroatoms. The van der Waals surface area contributed by atoms with Crippen LogP contribution in [0.2, 0.25) is 0 Å². The van der Waals surface area contributed by atoms with Crippen molar-refractivity contribution >= 4 is 23.8 Å². The lowest BCUT2D eigenvalue weighted by Gasteiger charge is -2.29. The smallest absolute Gasteiger partial charge is 0.329 e. The number of carbonyl (C=O) groups excluding carboxylic acids is 4. The highest BCUT2D eigenvalue weighted by Gasteiger charge is 2.32. The highest BCUT2D eigenvalue weighted by Crippen LogP contribution is 2.16. The number of carbonyl (C=O) groups is 4. The minimum atomic E-state index is -0.738.